The van der Waals surface area contributed by atoms with E-state index in [9.17, 15) is 18.0 Å². The van der Waals surface area contributed by atoms with Gasteiger partial charge in [-0.1, -0.05) is 0 Å². The van der Waals surface area contributed by atoms with Crippen molar-refractivity contribution in [2.24, 2.45) is 0 Å². The summed E-state index contributed by atoms with van der Waals surface area (Å²) in [4.78, 5) is 11.7. The number of halogens is 3. The van der Waals surface area contributed by atoms with Gasteiger partial charge in [-0.15, -0.1) is 0 Å². The van der Waals surface area contributed by atoms with E-state index in [1.807, 2.05) is 0 Å². The molecule has 112 valence electrons. The lowest BCUT2D eigenvalue weighted by Crippen LogP contribution is -2.12. The summed E-state index contributed by atoms with van der Waals surface area (Å²) in [6.07, 6.45) is -5.50. The molecular formula is C13H16F3NO3. The van der Waals surface area contributed by atoms with Crippen LogP contribution in [0.4, 0.5) is 18.9 Å². The summed E-state index contributed by atoms with van der Waals surface area (Å²) >= 11 is 0. The van der Waals surface area contributed by atoms with Crippen molar-refractivity contribution in [1.82, 2.24) is 0 Å². The molecule has 0 heterocycles. The molecule has 0 aliphatic carbocycles. The summed E-state index contributed by atoms with van der Waals surface area (Å²) in [6.45, 7) is 1.89. The third-order valence-electron chi connectivity index (χ3n) is 2.31. The highest BCUT2D eigenvalue weighted by molar-refractivity contribution is 5.91. The quantitative estimate of drug-likeness (QED) is 0.497. The summed E-state index contributed by atoms with van der Waals surface area (Å²) in [5.41, 5.74) is 6.07. The standard InChI is InChI=1S/C13H16F3NO3/c1-2-19-11-7-9(6-10(17)8-11)12(18)20-5-3-4-13(14,15)16/h6-8H,2-5,17H2,1H3. The maximum atomic E-state index is 11.9. The molecule has 7 heteroatoms. The van der Waals surface area contributed by atoms with Crippen LogP contribution >= 0.6 is 0 Å². The van der Waals surface area contributed by atoms with Crippen molar-refractivity contribution in [3.05, 3.63) is 23.8 Å². The Balaban J connectivity index is 2.55. The van der Waals surface area contributed by atoms with Crippen LogP contribution in [0.5, 0.6) is 5.75 Å². The number of alkyl halides is 3. The van der Waals surface area contributed by atoms with Gasteiger partial charge >= 0.3 is 12.1 Å². The van der Waals surface area contributed by atoms with Crippen LogP contribution in [0, 0.1) is 0 Å². The zero-order valence-corrected chi connectivity index (χ0v) is 11.0. The highest BCUT2D eigenvalue weighted by Gasteiger charge is 2.26. The van der Waals surface area contributed by atoms with Crippen molar-refractivity contribution < 1.29 is 27.4 Å². The van der Waals surface area contributed by atoms with Crippen LogP contribution in [0.25, 0.3) is 0 Å². The number of hydrogen-bond donors (Lipinski definition) is 1. The number of esters is 1. The van der Waals surface area contributed by atoms with E-state index in [1.54, 1.807) is 13.0 Å². The largest absolute Gasteiger partial charge is 0.494 e. The fraction of sp³-hybridized carbons (Fsp3) is 0.462. The molecule has 0 fully saturated rings. The summed E-state index contributed by atoms with van der Waals surface area (Å²) < 4.78 is 45.7. The average Bonchev–Trinajstić information content (AvgIpc) is 2.33. The predicted octanol–water partition coefficient (Wildman–Crippen LogP) is 3.17. The van der Waals surface area contributed by atoms with Crippen molar-refractivity contribution >= 4 is 11.7 Å². The number of nitrogen functional groups attached to an aromatic ring is 1. The molecule has 0 unspecified atom stereocenters. The van der Waals surface area contributed by atoms with Gasteiger partial charge in [0.15, 0.2) is 0 Å². The van der Waals surface area contributed by atoms with Gasteiger partial charge in [-0.3, -0.25) is 0 Å². The van der Waals surface area contributed by atoms with Crippen LogP contribution in [0.2, 0.25) is 0 Å². The number of ether oxygens (including phenoxy) is 2. The Hall–Kier alpha value is -1.92. The van der Waals surface area contributed by atoms with E-state index in [1.165, 1.54) is 12.1 Å². The van der Waals surface area contributed by atoms with Gasteiger partial charge < -0.3 is 15.2 Å². The van der Waals surface area contributed by atoms with Gasteiger partial charge in [-0.05, 0) is 25.5 Å². The van der Waals surface area contributed by atoms with E-state index >= 15 is 0 Å². The summed E-state index contributed by atoms with van der Waals surface area (Å²) in [6, 6.07) is 4.37. The summed E-state index contributed by atoms with van der Waals surface area (Å²) in [5.74, 6) is -0.310. The monoisotopic (exact) mass is 291 g/mol. The van der Waals surface area contributed by atoms with Gasteiger partial charge in [0, 0.05) is 18.2 Å². The number of carbonyl (C=O) groups is 1. The molecule has 0 aliphatic rings. The van der Waals surface area contributed by atoms with Crippen molar-refractivity contribution in [3.63, 3.8) is 0 Å². The number of benzene rings is 1. The second kappa shape index (κ2) is 7.02. The zero-order valence-electron chi connectivity index (χ0n) is 11.0. The zero-order chi connectivity index (χ0) is 15.2. The lowest BCUT2D eigenvalue weighted by molar-refractivity contribution is -0.137. The van der Waals surface area contributed by atoms with Gasteiger partial charge in [0.25, 0.3) is 0 Å². The fourth-order valence-corrected chi connectivity index (χ4v) is 1.51. The van der Waals surface area contributed by atoms with E-state index < -0.39 is 18.6 Å². The molecule has 0 saturated carbocycles. The molecule has 0 aromatic heterocycles. The van der Waals surface area contributed by atoms with Crippen LogP contribution < -0.4 is 10.5 Å². The summed E-state index contributed by atoms with van der Waals surface area (Å²) in [7, 11) is 0. The predicted molar refractivity (Wildman–Crippen MR) is 67.6 cm³/mol. The van der Waals surface area contributed by atoms with Gasteiger partial charge in [-0.25, -0.2) is 4.79 Å². The first-order chi connectivity index (χ1) is 9.31. The Labute approximate surface area is 114 Å². The Morgan fingerprint density at radius 2 is 2.00 bits per heavy atom. The molecule has 0 radical (unpaired) electrons. The number of hydrogen-bond acceptors (Lipinski definition) is 4. The maximum Gasteiger partial charge on any atom is 0.389 e. The van der Waals surface area contributed by atoms with Crippen molar-refractivity contribution in [2.75, 3.05) is 18.9 Å². The van der Waals surface area contributed by atoms with Gasteiger partial charge in [0.05, 0.1) is 18.8 Å². The first kappa shape index (κ1) is 16.1. The van der Waals surface area contributed by atoms with Crippen LogP contribution in [-0.4, -0.2) is 25.4 Å². The minimum Gasteiger partial charge on any atom is -0.494 e. The molecular weight excluding hydrogens is 275 g/mol. The highest BCUT2D eigenvalue weighted by Crippen LogP contribution is 2.22. The molecule has 4 nitrogen and oxygen atoms in total. The van der Waals surface area contributed by atoms with Crippen LogP contribution in [-0.2, 0) is 4.74 Å². The normalized spacial score (nSPS) is 11.2. The lowest BCUT2D eigenvalue weighted by atomic mass is 10.2. The molecule has 2 N–H and O–H groups in total. The van der Waals surface area contributed by atoms with Gasteiger partial charge in [0.2, 0.25) is 0 Å². The molecule has 1 aromatic rings. The van der Waals surface area contributed by atoms with E-state index in [0.29, 0.717) is 18.0 Å². The summed E-state index contributed by atoms with van der Waals surface area (Å²) in [5, 5.41) is 0. The second-order valence-electron chi connectivity index (χ2n) is 4.08. The molecule has 0 saturated heterocycles. The highest BCUT2D eigenvalue weighted by atomic mass is 19.4. The first-order valence-corrected chi connectivity index (χ1v) is 6.09. The van der Waals surface area contributed by atoms with Crippen LogP contribution in [0.3, 0.4) is 0 Å². The molecule has 20 heavy (non-hydrogen) atoms. The van der Waals surface area contributed by atoms with E-state index in [0.717, 1.165) is 0 Å². The van der Waals surface area contributed by atoms with Gasteiger partial charge in [0.1, 0.15) is 5.75 Å². The van der Waals surface area contributed by atoms with Crippen LogP contribution in [0.15, 0.2) is 18.2 Å². The number of rotatable bonds is 6. The fourth-order valence-electron chi connectivity index (χ4n) is 1.51. The Kier molecular flexibility index (Phi) is 5.66. The van der Waals surface area contributed by atoms with E-state index in [4.69, 9.17) is 15.2 Å². The molecule has 0 aliphatic heterocycles. The molecule has 0 spiro atoms. The van der Waals surface area contributed by atoms with E-state index in [-0.39, 0.29) is 18.6 Å². The van der Waals surface area contributed by atoms with Crippen LogP contribution in [0.1, 0.15) is 30.1 Å². The van der Waals surface area contributed by atoms with Crippen molar-refractivity contribution in [2.45, 2.75) is 25.9 Å². The minimum atomic E-state index is -4.24. The second-order valence-corrected chi connectivity index (χ2v) is 4.08. The lowest BCUT2D eigenvalue weighted by Gasteiger charge is -2.09. The number of nitrogens with two attached hydrogens (primary N) is 1. The topological polar surface area (TPSA) is 61.5 Å². The van der Waals surface area contributed by atoms with Crippen molar-refractivity contribution in [1.29, 1.82) is 0 Å². The van der Waals surface area contributed by atoms with E-state index in [2.05, 4.69) is 0 Å². The van der Waals surface area contributed by atoms with Crippen molar-refractivity contribution in [3.8, 4) is 5.75 Å². The third-order valence-corrected chi connectivity index (χ3v) is 2.31. The van der Waals surface area contributed by atoms with Gasteiger partial charge in [-0.2, -0.15) is 13.2 Å². The third kappa shape index (κ3) is 5.81. The SMILES string of the molecule is CCOc1cc(N)cc(C(=O)OCCCC(F)(F)F)c1. The average molecular weight is 291 g/mol. The maximum absolute atomic E-state index is 11.9. The number of carbonyl (C=O) groups excluding carboxylic acids is 1. The first-order valence-electron chi connectivity index (χ1n) is 6.09. The molecule has 0 amide bonds. The molecule has 1 rings (SSSR count). The molecule has 1 aromatic carbocycles. The Morgan fingerprint density at radius 1 is 1.30 bits per heavy atom. The Bertz CT molecular complexity index is 461. The number of anilines is 1. The Morgan fingerprint density at radius 3 is 2.60 bits per heavy atom. The minimum absolute atomic E-state index is 0.153. The molecule has 0 atom stereocenters. The smallest absolute Gasteiger partial charge is 0.389 e. The molecule has 0 bridgehead atoms.